The molecule has 0 aliphatic carbocycles. The normalized spacial score (nSPS) is 16.3. The third-order valence-corrected chi connectivity index (χ3v) is 7.37. The van der Waals surface area contributed by atoms with Crippen LogP contribution in [0.1, 0.15) is 65.4 Å². The van der Waals surface area contributed by atoms with Crippen molar-refractivity contribution in [2.45, 2.75) is 44.8 Å². The zero-order valence-corrected chi connectivity index (χ0v) is 25.8. The van der Waals surface area contributed by atoms with Gasteiger partial charge in [-0.05, 0) is 79.3 Å². The molecule has 0 saturated carbocycles. The lowest BCUT2D eigenvalue weighted by atomic mass is 9.99. The lowest BCUT2D eigenvalue weighted by molar-refractivity contribution is -0.0204. The molecule has 10 heteroatoms. The molecule has 3 aromatic rings. The van der Waals surface area contributed by atoms with Crippen molar-refractivity contribution in [1.29, 1.82) is 0 Å². The topological polar surface area (TPSA) is 95.9 Å². The van der Waals surface area contributed by atoms with Gasteiger partial charge in [0.25, 0.3) is 5.91 Å². The summed E-state index contributed by atoms with van der Waals surface area (Å²) in [6.07, 6.45) is 5.40. The van der Waals surface area contributed by atoms with Crippen molar-refractivity contribution in [2.24, 2.45) is 0 Å². The predicted octanol–water partition coefficient (Wildman–Crippen LogP) is 7.34. The van der Waals surface area contributed by atoms with Crippen LogP contribution in [0.3, 0.4) is 0 Å². The summed E-state index contributed by atoms with van der Waals surface area (Å²) >= 11 is 5.99. The Hall–Kier alpha value is -3.92. The number of hydrogen-bond donors (Lipinski definition) is 1. The largest absolute Gasteiger partial charge is 0.493 e. The molecule has 0 unspecified atom stereocenters. The second kappa shape index (κ2) is 15.0. The van der Waals surface area contributed by atoms with Gasteiger partial charge in [0.2, 0.25) is 5.75 Å². The number of rotatable bonds is 13. The number of ether oxygens (including phenoxy) is 6. The number of amides is 1. The fourth-order valence-electron chi connectivity index (χ4n) is 5.06. The molecule has 3 aromatic carbocycles. The van der Waals surface area contributed by atoms with Crippen LogP contribution < -0.4 is 23.7 Å². The summed E-state index contributed by atoms with van der Waals surface area (Å²) in [7, 11) is 6.36. The molecule has 1 amide bonds. The van der Waals surface area contributed by atoms with Crippen LogP contribution in [0.5, 0.6) is 28.7 Å². The van der Waals surface area contributed by atoms with E-state index < -0.39 is 5.91 Å². The maximum absolute atomic E-state index is 12.6. The van der Waals surface area contributed by atoms with Gasteiger partial charge in [0, 0.05) is 22.3 Å². The number of allylic oxidation sites excluding steroid dienone is 1. The Morgan fingerprint density at radius 3 is 2.09 bits per heavy atom. The molecule has 1 saturated heterocycles. The van der Waals surface area contributed by atoms with Crippen LogP contribution in [0, 0.1) is 0 Å². The number of benzene rings is 3. The van der Waals surface area contributed by atoms with Crippen molar-refractivity contribution in [3.8, 4) is 28.7 Å². The Balaban J connectivity index is 1.57. The van der Waals surface area contributed by atoms with Gasteiger partial charge < -0.3 is 28.4 Å². The van der Waals surface area contributed by atoms with Crippen LogP contribution in [0.2, 0.25) is 5.02 Å². The first-order valence-corrected chi connectivity index (χ1v) is 14.4. The molecule has 4 rings (SSSR count). The average Bonchev–Trinajstić information content (AvgIpc) is 3.53. The van der Waals surface area contributed by atoms with E-state index in [1.165, 1.54) is 12.3 Å². The number of methoxy groups -OCH3 is 4. The molecule has 0 radical (unpaired) electrons. The highest BCUT2D eigenvalue weighted by atomic mass is 35.5. The van der Waals surface area contributed by atoms with E-state index >= 15 is 0 Å². The summed E-state index contributed by atoms with van der Waals surface area (Å²) in [5.41, 5.74) is 2.98. The lowest BCUT2D eigenvalue weighted by Crippen LogP contribution is -2.21. The third-order valence-electron chi connectivity index (χ3n) is 7.14. The molecule has 0 spiro atoms. The number of halogens is 1. The second-order valence-electron chi connectivity index (χ2n) is 9.96. The molecule has 1 fully saturated rings. The van der Waals surface area contributed by atoms with E-state index in [1.54, 1.807) is 52.7 Å². The molecular weight excluding hydrogens is 574 g/mol. The van der Waals surface area contributed by atoms with Gasteiger partial charge in [-0.3, -0.25) is 10.0 Å². The highest BCUT2D eigenvalue weighted by molar-refractivity contribution is 6.30. The minimum absolute atomic E-state index is 0.176. The van der Waals surface area contributed by atoms with Crippen molar-refractivity contribution in [3.63, 3.8) is 0 Å². The van der Waals surface area contributed by atoms with Crippen molar-refractivity contribution in [1.82, 2.24) is 5.06 Å². The van der Waals surface area contributed by atoms with Gasteiger partial charge in [0.15, 0.2) is 23.0 Å². The van der Waals surface area contributed by atoms with Crippen LogP contribution in [0.15, 0.2) is 60.8 Å². The van der Waals surface area contributed by atoms with Gasteiger partial charge in [-0.15, -0.1) is 0 Å². The molecular formula is C33H38ClNO8. The van der Waals surface area contributed by atoms with Gasteiger partial charge in [-0.25, -0.2) is 0 Å². The minimum Gasteiger partial charge on any atom is -0.493 e. The van der Waals surface area contributed by atoms with Crippen LogP contribution in [-0.4, -0.2) is 51.2 Å². The average molecular weight is 612 g/mol. The Morgan fingerprint density at radius 2 is 1.53 bits per heavy atom. The number of hydroxylamine groups is 2. The van der Waals surface area contributed by atoms with E-state index in [1.807, 2.05) is 31.2 Å². The summed E-state index contributed by atoms with van der Waals surface area (Å²) in [4.78, 5) is 12.6. The first kappa shape index (κ1) is 32.0. The summed E-state index contributed by atoms with van der Waals surface area (Å²) in [5, 5.41) is 11.3. The Morgan fingerprint density at radius 1 is 0.930 bits per heavy atom. The summed E-state index contributed by atoms with van der Waals surface area (Å²) < 4.78 is 34.9. The van der Waals surface area contributed by atoms with Gasteiger partial charge in [-0.2, -0.15) is 5.06 Å². The molecule has 43 heavy (non-hydrogen) atoms. The molecule has 0 aromatic heterocycles. The van der Waals surface area contributed by atoms with Crippen molar-refractivity contribution >= 4 is 17.5 Å². The minimum atomic E-state index is -0.593. The first-order valence-electron chi connectivity index (χ1n) is 14.1. The van der Waals surface area contributed by atoms with Crippen molar-refractivity contribution < 1.29 is 38.4 Å². The van der Waals surface area contributed by atoms with E-state index in [4.69, 9.17) is 40.0 Å². The maximum Gasteiger partial charge on any atom is 0.281 e. The number of carbonyl (C=O) groups excluding carboxylic acids is 1. The second-order valence-corrected chi connectivity index (χ2v) is 10.4. The van der Waals surface area contributed by atoms with Gasteiger partial charge >= 0.3 is 0 Å². The monoisotopic (exact) mass is 611 g/mol. The van der Waals surface area contributed by atoms with Crippen LogP contribution >= 0.6 is 11.6 Å². The maximum atomic E-state index is 12.6. The fraction of sp³-hybridized carbons (Fsp3) is 0.364. The molecule has 1 aliphatic rings. The molecule has 1 N–H and O–H groups in total. The molecule has 9 nitrogen and oxygen atoms in total. The van der Waals surface area contributed by atoms with Crippen molar-refractivity contribution in [3.05, 3.63) is 88.1 Å². The highest BCUT2D eigenvalue weighted by Crippen LogP contribution is 2.47. The summed E-state index contributed by atoms with van der Waals surface area (Å²) in [6, 6.07) is 14.2. The molecule has 1 aliphatic heterocycles. The molecule has 2 atom stereocenters. The SMILES string of the molecule is CCCOc1c(CC=CN(O)C(=O)c2cccc(Cl)c2)cc([C@@H]2CC[C@@H](c3cc(OC)c(OC)c(OC)c3)O2)cc1OC. The predicted molar refractivity (Wildman–Crippen MR) is 163 cm³/mol. The molecule has 0 bridgehead atoms. The number of hydrogen-bond acceptors (Lipinski definition) is 8. The van der Waals surface area contributed by atoms with E-state index in [2.05, 4.69) is 0 Å². The highest BCUT2D eigenvalue weighted by Gasteiger charge is 2.31. The summed E-state index contributed by atoms with van der Waals surface area (Å²) in [5.74, 6) is 2.29. The van der Waals surface area contributed by atoms with E-state index in [-0.39, 0.29) is 17.8 Å². The standard InChI is InChI=1S/C33H38ClNO8/c1-6-15-42-31-21(10-8-14-35(37)33(36)22-9-7-11-25(34)17-22)16-23(18-28(31)38-2)26-12-13-27(43-26)24-19-29(39-3)32(41-5)30(20-24)40-4/h7-9,11,14,16-20,26-27,37H,6,10,12-13,15H2,1-5H3/t26-,27-/m0/s1. The third kappa shape index (κ3) is 7.54. The van der Waals surface area contributed by atoms with Gasteiger partial charge in [0.05, 0.1) is 47.3 Å². The molecule has 1 heterocycles. The van der Waals surface area contributed by atoms with Crippen LogP contribution in [0.4, 0.5) is 0 Å². The summed E-state index contributed by atoms with van der Waals surface area (Å²) in [6.45, 7) is 2.54. The van der Waals surface area contributed by atoms with Gasteiger partial charge in [-0.1, -0.05) is 30.7 Å². The zero-order chi connectivity index (χ0) is 30.9. The van der Waals surface area contributed by atoms with E-state index in [0.29, 0.717) is 51.9 Å². The smallest absolute Gasteiger partial charge is 0.281 e. The zero-order valence-electron chi connectivity index (χ0n) is 25.1. The van der Waals surface area contributed by atoms with Crippen molar-refractivity contribution in [2.75, 3.05) is 35.0 Å². The van der Waals surface area contributed by atoms with Gasteiger partial charge in [0.1, 0.15) is 0 Å². The lowest BCUT2D eigenvalue weighted by Gasteiger charge is -2.20. The molecule has 230 valence electrons. The van der Waals surface area contributed by atoms with Crippen LogP contribution in [-0.2, 0) is 11.2 Å². The Labute approximate surface area is 257 Å². The van der Waals surface area contributed by atoms with E-state index in [0.717, 1.165) is 36.0 Å². The first-order chi connectivity index (χ1) is 20.8. The van der Waals surface area contributed by atoms with Crippen LogP contribution in [0.25, 0.3) is 0 Å². The number of carbonyl (C=O) groups is 1. The Kier molecular flexibility index (Phi) is 11.2. The fourth-order valence-corrected chi connectivity index (χ4v) is 5.25. The Bertz CT molecular complexity index is 1420. The van der Waals surface area contributed by atoms with E-state index in [9.17, 15) is 10.0 Å². The quantitative estimate of drug-likeness (QED) is 0.158. The number of nitrogens with zero attached hydrogens (tertiary/aromatic N) is 1.